The average Bonchev–Trinajstić information content (AvgIpc) is 3.51. The number of nitrogens with one attached hydrogen (secondary N) is 1. The van der Waals surface area contributed by atoms with Gasteiger partial charge in [-0.25, -0.2) is 13.1 Å². The normalized spacial score (nSPS) is 24.5. The van der Waals surface area contributed by atoms with Crippen molar-refractivity contribution in [3.63, 3.8) is 0 Å². The van der Waals surface area contributed by atoms with E-state index in [1.807, 2.05) is 60.7 Å². The summed E-state index contributed by atoms with van der Waals surface area (Å²) in [7, 11) is -3.71. The number of hydrogen-bond donors (Lipinski definition) is 1. The fraction of sp³-hybridized carbons (Fsp3) is 0.355. The fourth-order valence-corrected chi connectivity index (χ4v) is 6.44. The smallest absolute Gasteiger partial charge is 0.241 e. The molecule has 2 fully saturated rings. The van der Waals surface area contributed by atoms with Gasteiger partial charge in [0, 0.05) is 19.6 Å². The Labute approximate surface area is 230 Å². The van der Waals surface area contributed by atoms with Gasteiger partial charge in [-0.15, -0.1) is 0 Å². The molecule has 0 saturated carbocycles. The van der Waals surface area contributed by atoms with Gasteiger partial charge in [0.1, 0.15) is 12.2 Å². The minimum atomic E-state index is -3.71. The molecule has 2 aliphatic heterocycles. The van der Waals surface area contributed by atoms with E-state index in [1.54, 1.807) is 24.3 Å². The van der Waals surface area contributed by atoms with Crippen molar-refractivity contribution >= 4 is 16.1 Å². The second-order valence-corrected chi connectivity index (χ2v) is 11.6. The highest BCUT2D eigenvalue weighted by Gasteiger charge is 2.51. The van der Waals surface area contributed by atoms with E-state index < -0.39 is 10.0 Å². The first-order chi connectivity index (χ1) is 19.0. The molecule has 2 aliphatic rings. The number of rotatable bonds is 13. The van der Waals surface area contributed by atoms with E-state index in [1.165, 1.54) is 6.08 Å². The molecule has 3 aromatic rings. The molecule has 0 amide bonds. The van der Waals surface area contributed by atoms with Crippen molar-refractivity contribution in [3.8, 4) is 0 Å². The lowest BCUT2D eigenvalue weighted by molar-refractivity contribution is -0.0863. The maximum absolute atomic E-state index is 13.0. The Morgan fingerprint density at radius 1 is 0.897 bits per heavy atom. The van der Waals surface area contributed by atoms with E-state index in [4.69, 9.17) is 18.9 Å². The SMILES string of the molecule is C=Cc1ccccc1S(=O)(=O)NC[C@H]1C[C@@H]2O[C@H](CCOCc3ccccc3)[C@@H](OCc3ccccc3)[C@@H]2O1. The second kappa shape index (κ2) is 13.0. The number of hydrogen-bond acceptors (Lipinski definition) is 6. The molecule has 3 aromatic carbocycles. The summed E-state index contributed by atoms with van der Waals surface area (Å²) in [5.74, 6) is 0. The van der Waals surface area contributed by atoms with Crippen LogP contribution in [0, 0.1) is 0 Å². The molecule has 2 heterocycles. The van der Waals surface area contributed by atoms with Crippen LogP contribution in [-0.2, 0) is 42.2 Å². The number of sulfonamides is 1. The van der Waals surface area contributed by atoms with E-state index >= 15 is 0 Å². The molecule has 0 aromatic heterocycles. The number of benzene rings is 3. The molecule has 206 valence electrons. The van der Waals surface area contributed by atoms with Gasteiger partial charge in [0.05, 0.1) is 36.4 Å². The van der Waals surface area contributed by atoms with Crippen LogP contribution in [0.25, 0.3) is 6.08 Å². The van der Waals surface area contributed by atoms with Crippen LogP contribution in [0.3, 0.4) is 0 Å². The molecule has 5 atom stereocenters. The zero-order valence-electron chi connectivity index (χ0n) is 21.9. The molecule has 0 unspecified atom stereocenters. The lowest BCUT2D eigenvalue weighted by atomic mass is 10.0. The van der Waals surface area contributed by atoms with Crippen molar-refractivity contribution in [2.75, 3.05) is 13.2 Å². The van der Waals surface area contributed by atoms with Crippen LogP contribution < -0.4 is 4.72 Å². The summed E-state index contributed by atoms with van der Waals surface area (Å²) in [6.45, 7) is 5.40. The highest BCUT2D eigenvalue weighted by atomic mass is 32.2. The van der Waals surface area contributed by atoms with Gasteiger partial charge in [-0.1, -0.05) is 91.5 Å². The van der Waals surface area contributed by atoms with Crippen molar-refractivity contribution in [2.45, 2.75) is 61.5 Å². The molecule has 2 saturated heterocycles. The van der Waals surface area contributed by atoms with Crippen molar-refractivity contribution in [1.29, 1.82) is 0 Å². The highest BCUT2D eigenvalue weighted by Crippen LogP contribution is 2.37. The minimum absolute atomic E-state index is 0.153. The fourth-order valence-electron chi connectivity index (χ4n) is 5.16. The third-order valence-corrected chi connectivity index (χ3v) is 8.62. The van der Waals surface area contributed by atoms with E-state index in [-0.39, 0.29) is 42.0 Å². The molecule has 1 N–H and O–H groups in total. The summed E-state index contributed by atoms with van der Waals surface area (Å²) in [5, 5.41) is 0. The highest BCUT2D eigenvalue weighted by molar-refractivity contribution is 7.89. The van der Waals surface area contributed by atoms with Crippen LogP contribution in [-0.4, -0.2) is 52.1 Å². The van der Waals surface area contributed by atoms with Crippen molar-refractivity contribution in [3.05, 3.63) is 108 Å². The molecular weight excluding hydrogens is 514 g/mol. The molecule has 8 heteroatoms. The lowest BCUT2D eigenvalue weighted by Crippen LogP contribution is -2.38. The summed E-state index contributed by atoms with van der Waals surface area (Å²) < 4.78 is 53.6. The van der Waals surface area contributed by atoms with Crippen LogP contribution in [0.4, 0.5) is 0 Å². The maximum atomic E-state index is 13.0. The molecule has 0 spiro atoms. The summed E-state index contributed by atoms with van der Waals surface area (Å²) >= 11 is 0. The molecule has 7 nitrogen and oxygen atoms in total. The molecule has 0 bridgehead atoms. The predicted molar refractivity (Wildman–Crippen MR) is 149 cm³/mol. The third-order valence-electron chi connectivity index (χ3n) is 7.12. The van der Waals surface area contributed by atoms with Crippen molar-refractivity contribution in [2.24, 2.45) is 0 Å². The lowest BCUT2D eigenvalue weighted by Gasteiger charge is -2.24. The third kappa shape index (κ3) is 7.03. The Morgan fingerprint density at radius 2 is 1.56 bits per heavy atom. The molecule has 0 aliphatic carbocycles. The van der Waals surface area contributed by atoms with Crippen LogP contribution >= 0.6 is 0 Å². The average molecular weight is 550 g/mol. The Morgan fingerprint density at radius 3 is 2.28 bits per heavy atom. The summed E-state index contributed by atoms with van der Waals surface area (Å²) in [6, 6.07) is 26.9. The van der Waals surface area contributed by atoms with Crippen LogP contribution in [0.15, 0.2) is 96.4 Å². The standard InChI is InChI=1S/C31H35NO6S/c1-2-25-15-9-10-16-29(25)39(33,34)32-20-26-19-28-31(37-26)30(36-22-24-13-7-4-8-14-24)27(38-28)17-18-35-21-23-11-5-3-6-12-23/h2-16,26-28,30-32H,1,17-22H2/t26-,27-,28+,30-,31-/m1/s1. The zero-order chi connectivity index (χ0) is 27.1. The summed E-state index contributed by atoms with van der Waals surface area (Å²) in [6.07, 6.45) is 1.60. The largest absolute Gasteiger partial charge is 0.377 e. The van der Waals surface area contributed by atoms with Crippen molar-refractivity contribution < 1.29 is 27.4 Å². The maximum Gasteiger partial charge on any atom is 0.241 e. The quantitative estimate of drug-likeness (QED) is 0.311. The van der Waals surface area contributed by atoms with Gasteiger partial charge >= 0.3 is 0 Å². The summed E-state index contributed by atoms with van der Waals surface area (Å²) in [4.78, 5) is 0.203. The predicted octanol–water partition coefficient (Wildman–Crippen LogP) is 4.73. The van der Waals surface area contributed by atoms with Gasteiger partial charge in [0.2, 0.25) is 10.0 Å². The van der Waals surface area contributed by atoms with Crippen LogP contribution in [0.5, 0.6) is 0 Å². The molecular formula is C31H35NO6S. The molecule has 39 heavy (non-hydrogen) atoms. The Kier molecular flexibility index (Phi) is 9.24. The molecule has 5 rings (SSSR count). The van der Waals surface area contributed by atoms with Crippen LogP contribution in [0.2, 0.25) is 0 Å². The first-order valence-corrected chi connectivity index (χ1v) is 14.8. The van der Waals surface area contributed by atoms with Gasteiger partial charge in [-0.2, -0.15) is 0 Å². The molecule has 0 radical (unpaired) electrons. The van der Waals surface area contributed by atoms with Gasteiger partial charge in [0.25, 0.3) is 0 Å². The summed E-state index contributed by atoms with van der Waals surface area (Å²) in [5.41, 5.74) is 2.76. The minimum Gasteiger partial charge on any atom is -0.377 e. The van der Waals surface area contributed by atoms with E-state index in [9.17, 15) is 8.42 Å². The monoisotopic (exact) mass is 549 g/mol. The number of ether oxygens (including phenoxy) is 4. The number of fused-ring (bicyclic) bond motifs is 1. The second-order valence-electron chi connectivity index (χ2n) is 9.85. The Hall–Kier alpha value is -2.85. The first kappa shape index (κ1) is 27.7. The Balaban J connectivity index is 1.19. The van der Waals surface area contributed by atoms with Gasteiger partial charge in [0.15, 0.2) is 0 Å². The van der Waals surface area contributed by atoms with Gasteiger partial charge in [-0.05, 0) is 29.2 Å². The van der Waals surface area contributed by atoms with E-state index in [2.05, 4.69) is 11.3 Å². The Bertz CT molecular complexity index is 1320. The van der Waals surface area contributed by atoms with E-state index in [0.29, 0.717) is 38.2 Å². The van der Waals surface area contributed by atoms with Gasteiger partial charge in [-0.3, -0.25) is 0 Å². The topological polar surface area (TPSA) is 83.1 Å². The van der Waals surface area contributed by atoms with Gasteiger partial charge < -0.3 is 18.9 Å². The first-order valence-electron chi connectivity index (χ1n) is 13.3. The zero-order valence-corrected chi connectivity index (χ0v) is 22.7. The van der Waals surface area contributed by atoms with Crippen LogP contribution in [0.1, 0.15) is 29.5 Å². The van der Waals surface area contributed by atoms with Crippen molar-refractivity contribution in [1.82, 2.24) is 4.72 Å². The van der Waals surface area contributed by atoms with E-state index in [0.717, 1.165) is 11.1 Å².